The van der Waals surface area contributed by atoms with Crippen LogP contribution in [-0.4, -0.2) is 24.5 Å². The molecule has 2 atom stereocenters. The van der Waals surface area contributed by atoms with Gasteiger partial charge in [0.15, 0.2) is 0 Å². The quantitative estimate of drug-likeness (QED) is 0.485. The maximum absolute atomic E-state index is 5.22. The Labute approximate surface area is 68.5 Å². The summed E-state index contributed by atoms with van der Waals surface area (Å²) in [6.07, 6.45) is 5.22. The third-order valence-electron chi connectivity index (χ3n) is 1.34. The van der Waals surface area contributed by atoms with Gasteiger partial charge in [-0.05, 0) is 18.2 Å². The van der Waals surface area contributed by atoms with Crippen molar-refractivity contribution < 1.29 is 4.18 Å². The van der Waals surface area contributed by atoms with Gasteiger partial charge in [-0.3, -0.25) is 4.18 Å². The Kier molecular flexibility index (Phi) is 2.81. The third-order valence-corrected chi connectivity index (χ3v) is 3.39. The van der Waals surface area contributed by atoms with Crippen molar-refractivity contribution in [1.29, 1.82) is 0 Å². The van der Waals surface area contributed by atoms with Crippen molar-refractivity contribution in [3.05, 3.63) is 0 Å². The highest BCUT2D eigenvalue weighted by atomic mass is 32.8. The van der Waals surface area contributed by atoms with E-state index < -0.39 is 9.92 Å². The summed E-state index contributed by atoms with van der Waals surface area (Å²) in [5.41, 5.74) is 0. The monoisotopic (exact) mass is 175 g/mol. The zero-order chi connectivity index (χ0) is 7.56. The second kappa shape index (κ2) is 3.44. The molecule has 0 radical (unpaired) electrons. The summed E-state index contributed by atoms with van der Waals surface area (Å²) in [5, 5.41) is 0. The first-order chi connectivity index (χ1) is 4.74. The fourth-order valence-corrected chi connectivity index (χ4v) is 1.87. The van der Waals surface area contributed by atoms with E-state index >= 15 is 0 Å². The Morgan fingerprint density at radius 1 is 1.90 bits per heavy atom. The number of terminal acetylenes is 1. The van der Waals surface area contributed by atoms with Crippen LogP contribution in [0.2, 0.25) is 0 Å². The maximum Gasteiger partial charge on any atom is 0.0834 e. The molecular formula is C6H9NOS2. The average molecular weight is 175 g/mol. The highest BCUT2D eigenvalue weighted by molar-refractivity contribution is 8.24. The lowest BCUT2D eigenvalue weighted by molar-refractivity contribution is 0.245. The molecule has 1 heterocycles. The summed E-state index contributed by atoms with van der Waals surface area (Å²) < 4.78 is 7.18. The Morgan fingerprint density at radius 3 is 3.10 bits per heavy atom. The van der Waals surface area contributed by atoms with Crippen molar-refractivity contribution in [1.82, 2.24) is 4.31 Å². The zero-order valence-electron chi connectivity index (χ0n) is 5.74. The minimum Gasteiger partial charge on any atom is -0.298 e. The van der Waals surface area contributed by atoms with Gasteiger partial charge in [-0.1, -0.05) is 5.92 Å². The first kappa shape index (κ1) is 8.15. The number of hydrogen-bond donors (Lipinski definition) is 0. The van der Waals surface area contributed by atoms with E-state index in [9.17, 15) is 0 Å². The molecule has 10 heavy (non-hydrogen) atoms. The lowest BCUT2D eigenvalue weighted by Gasteiger charge is -2.27. The van der Waals surface area contributed by atoms with E-state index in [1.807, 2.05) is 11.4 Å². The lowest BCUT2D eigenvalue weighted by atomic mass is 10.2. The topological polar surface area (TPSA) is 12.5 Å². The maximum atomic E-state index is 5.22. The van der Waals surface area contributed by atoms with E-state index in [4.69, 9.17) is 21.8 Å². The molecule has 56 valence electrons. The average Bonchev–Trinajstić information content (AvgIpc) is 1.95. The van der Waals surface area contributed by atoms with E-state index in [1.54, 1.807) is 0 Å². The molecule has 1 saturated heterocycles. The van der Waals surface area contributed by atoms with Crippen LogP contribution in [0.15, 0.2) is 0 Å². The molecule has 1 fully saturated rings. The predicted molar refractivity (Wildman–Crippen MR) is 45.6 cm³/mol. The fraction of sp³-hybridized carbons (Fsp3) is 0.667. The minimum atomic E-state index is -0.436. The molecular weight excluding hydrogens is 166 g/mol. The summed E-state index contributed by atoms with van der Waals surface area (Å²) in [7, 11) is 1.49. The van der Waals surface area contributed by atoms with Crippen molar-refractivity contribution in [2.45, 2.75) is 0 Å². The summed E-state index contributed by atoms with van der Waals surface area (Å²) >= 11 is 4.98. The normalized spacial score (nSPS) is 35.2. The Balaban J connectivity index is 2.50. The van der Waals surface area contributed by atoms with E-state index in [0.717, 1.165) is 6.54 Å². The molecule has 0 N–H and O–H groups in total. The first-order valence-electron chi connectivity index (χ1n) is 2.96. The van der Waals surface area contributed by atoms with Gasteiger partial charge in [-0.15, -0.1) is 6.42 Å². The summed E-state index contributed by atoms with van der Waals surface area (Å²) in [4.78, 5) is 0. The smallest absolute Gasteiger partial charge is 0.0834 e. The van der Waals surface area contributed by atoms with Gasteiger partial charge in [0.25, 0.3) is 0 Å². The molecule has 0 aliphatic carbocycles. The van der Waals surface area contributed by atoms with Gasteiger partial charge in [-0.2, -0.15) is 0 Å². The molecule has 0 aromatic rings. The second-order valence-electron chi connectivity index (χ2n) is 2.18. The molecule has 0 aromatic heterocycles. The molecule has 0 bridgehead atoms. The Morgan fingerprint density at radius 2 is 2.60 bits per heavy atom. The number of hydrogen-bond acceptors (Lipinski definition) is 2. The van der Waals surface area contributed by atoms with Crippen LogP contribution >= 0.6 is 0 Å². The molecule has 1 aliphatic rings. The fourth-order valence-electron chi connectivity index (χ4n) is 0.755. The van der Waals surface area contributed by atoms with Gasteiger partial charge in [0.1, 0.15) is 0 Å². The molecule has 1 aliphatic heterocycles. The standard InChI is InChI=1S/C6H9NOS2/c1-3-6-4-7(2)10(9)8-5-6/h1,6H,4-5H2,2H3. The van der Waals surface area contributed by atoms with Crippen molar-refractivity contribution in [3.63, 3.8) is 0 Å². The van der Waals surface area contributed by atoms with Crippen molar-refractivity contribution in [3.8, 4) is 12.3 Å². The molecule has 1 rings (SSSR count). The van der Waals surface area contributed by atoms with Crippen molar-refractivity contribution in [2.24, 2.45) is 5.92 Å². The number of rotatable bonds is 0. The summed E-state index contributed by atoms with van der Waals surface area (Å²) in [5.74, 6) is 2.87. The molecule has 0 saturated carbocycles. The number of nitrogens with zero attached hydrogens (tertiary/aromatic N) is 1. The second-order valence-corrected chi connectivity index (χ2v) is 4.32. The summed E-state index contributed by atoms with van der Waals surface area (Å²) in [6, 6.07) is 0. The van der Waals surface area contributed by atoms with Crippen LogP contribution < -0.4 is 0 Å². The first-order valence-corrected chi connectivity index (χ1v) is 4.99. The molecule has 0 spiro atoms. The molecule has 2 nitrogen and oxygen atoms in total. The van der Waals surface area contributed by atoms with Gasteiger partial charge in [0, 0.05) is 6.54 Å². The van der Waals surface area contributed by atoms with E-state index in [-0.39, 0.29) is 5.92 Å². The highest BCUT2D eigenvalue weighted by Gasteiger charge is 2.18. The van der Waals surface area contributed by atoms with Crippen LogP contribution in [0.25, 0.3) is 0 Å². The van der Waals surface area contributed by atoms with E-state index in [1.165, 1.54) is 0 Å². The van der Waals surface area contributed by atoms with Gasteiger partial charge < -0.3 is 0 Å². The third kappa shape index (κ3) is 1.77. The minimum absolute atomic E-state index is 0.219. The van der Waals surface area contributed by atoms with E-state index in [2.05, 4.69) is 5.92 Å². The summed E-state index contributed by atoms with van der Waals surface area (Å²) in [6.45, 7) is 1.48. The van der Waals surface area contributed by atoms with Crippen LogP contribution in [-0.2, 0) is 25.3 Å². The van der Waals surface area contributed by atoms with Crippen LogP contribution in [0.3, 0.4) is 0 Å². The Bertz CT molecular complexity index is 187. The zero-order valence-corrected chi connectivity index (χ0v) is 7.37. The van der Waals surface area contributed by atoms with Crippen LogP contribution in [0, 0.1) is 18.3 Å². The van der Waals surface area contributed by atoms with Crippen LogP contribution in [0.5, 0.6) is 0 Å². The molecule has 4 heteroatoms. The molecule has 0 aromatic carbocycles. The van der Waals surface area contributed by atoms with Gasteiger partial charge in [0.05, 0.1) is 22.4 Å². The molecule has 0 amide bonds. The SMILES string of the molecule is C#CC1COS(=S)N(C)C1. The largest absolute Gasteiger partial charge is 0.298 e. The van der Waals surface area contributed by atoms with Crippen LogP contribution in [0.4, 0.5) is 0 Å². The van der Waals surface area contributed by atoms with Gasteiger partial charge >= 0.3 is 0 Å². The van der Waals surface area contributed by atoms with Gasteiger partial charge in [0.2, 0.25) is 0 Å². The lowest BCUT2D eigenvalue weighted by Crippen LogP contribution is -2.35. The van der Waals surface area contributed by atoms with Crippen molar-refractivity contribution >= 4 is 21.1 Å². The van der Waals surface area contributed by atoms with E-state index in [0.29, 0.717) is 6.61 Å². The predicted octanol–water partition coefficient (Wildman–Crippen LogP) is 0.108. The van der Waals surface area contributed by atoms with Crippen LogP contribution in [0.1, 0.15) is 0 Å². The molecule has 2 unspecified atom stereocenters. The highest BCUT2D eigenvalue weighted by Crippen LogP contribution is 2.09. The Hall–Kier alpha value is 0.0500. The van der Waals surface area contributed by atoms with Crippen molar-refractivity contribution in [2.75, 3.05) is 20.2 Å². The van der Waals surface area contributed by atoms with Gasteiger partial charge in [-0.25, -0.2) is 4.31 Å².